The molecule has 23 heavy (non-hydrogen) atoms. The van der Waals surface area contributed by atoms with E-state index in [-0.39, 0.29) is 6.03 Å². The lowest BCUT2D eigenvalue weighted by Gasteiger charge is -2.10. The molecule has 1 aromatic carbocycles. The zero-order valence-electron chi connectivity index (χ0n) is 13.0. The third-order valence-corrected chi connectivity index (χ3v) is 3.43. The molecule has 0 aliphatic rings. The van der Waals surface area contributed by atoms with Gasteiger partial charge >= 0.3 is 6.03 Å². The predicted octanol–water partition coefficient (Wildman–Crippen LogP) is 3.18. The molecule has 1 aromatic heterocycles. The normalized spacial score (nSPS) is 10.2. The number of nitrogens with zero attached hydrogens (tertiary/aromatic N) is 1. The van der Waals surface area contributed by atoms with Crippen molar-refractivity contribution < 1.29 is 9.53 Å². The molecule has 2 N–H and O–H groups in total. The van der Waals surface area contributed by atoms with Crippen molar-refractivity contribution in [2.45, 2.75) is 19.9 Å². The summed E-state index contributed by atoms with van der Waals surface area (Å²) in [7, 11) is 0. The van der Waals surface area contributed by atoms with Crippen LogP contribution < -0.4 is 15.4 Å². The highest BCUT2D eigenvalue weighted by Gasteiger charge is 2.06. The number of carbonyl (C=O) groups excluding carboxylic acids is 1. The minimum Gasteiger partial charge on any atom is -0.478 e. The first kappa shape index (κ1) is 17.1. The molecule has 0 aliphatic heterocycles. The summed E-state index contributed by atoms with van der Waals surface area (Å²) in [6, 6.07) is 11.1. The molecule has 122 valence electrons. The molecular weight excluding hydrogens is 314 g/mol. The molecule has 0 unspecified atom stereocenters. The zero-order valence-corrected chi connectivity index (χ0v) is 13.8. The number of nitrogens with one attached hydrogen (secondary N) is 2. The van der Waals surface area contributed by atoms with E-state index in [9.17, 15) is 4.79 Å². The van der Waals surface area contributed by atoms with E-state index in [2.05, 4.69) is 15.6 Å². The van der Waals surface area contributed by atoms with Crippen LogP contribution >= 0.6 is 11.6 Å². The van der Waals surface area contributed by atoms with Crippen LogP contribution in [-0.4, -0.2) is 24.2 Å². The Morgan fingerprint density at radius 2 is 2.00 bits per heavy atom. The van der Waals surface area contributed by atoms with Crippen molar-refractivity contribution in [3.05, 3.63) is 58.7 Å². The lowest BCUT2D eigenvalue weighted by Crippen LogP contribution is -2.36. The molecule has 0 bridgehead atoms. The van der Waals surface area contributed by atoms with Gasteiger partial charge in [0.2, 0.25) is 5.88 Å². The number of aromatic nitrogens is 1. The summed E-state index contributed by atoms with van der Waals surface area (Å²) in [4.78, 5) is 16.0. The Kier molecular flexibility index (Phi) is 6.69. The number of halogens is 1. The van der Waals surface area contributed by atoms with E-state index in [0.29, 0.717) is 30.6 Å². The second-order valence-corrected chi connectivity index (χ2v) is 5.32. The number of ether oxygens (including phenoxy) is 1. The van der Waals surface area contributed by atoms with Crippen LogP contribution in [0.1, 0.15) is 18.1 Å². The minimum atomic E-state index is -0.217. The van der Waals surface area contributed by atoms with Crippen LogP contribution in [0.25, 0.3) is 0 Å². The van der Waals surface area contributed by atoms with Crippen LogP contribution in [0.4, 0.5) is 4.79 Å². The highest BCUT2D eigenvalue weighted by molar-refractivity contribution is 6.30. The Hall–Kier alpha value is -2.27. The van der Waals surface area contributed by atoms with Crippen LogP contribution in [-0.2, 0) is 13.0 Å². The van der Waals surface area contributed by atoms with Gasteiger partial charge in [0.05, 0.1) is 6.61 Å². The third-order valence-electron chi connectivity index (χ3n) is 3.18. The molecule has 2 aromatic rings. The van der Waals surface area contributed by atoms with E-state index in [1.54, 1.807) is 6.20 Å². The molecule has 0 saturated heterocycles. The SMILES string of the molecule is CCOc1ncccc1CNC(=O)NCCc1ccc(Cl)cc1. The lowest BCUT2D eigenvalue weighted by atomic mass is 10.1. The van der Waals surface area contributed by atoms with Gasteiger partial charge in [-0.15, -0.1) is 0 Å². The summed E-state index contributed by atoms with van der Waals surface area (Å²) in [5, 5.41) is 6.33. The average molecular weight is 334 g/mol. The van der Waals surface area contributed by atoms with Crippen LogP contribution in [0.5, 0.6) is 5.88 Å². The van der Waals surface area contributed by atoms with Gasteiger partial charge in [-0.2, -0.15) is 0 Å². The average Bonchev–Trinajstić information content (AvgIpc) is 2.56. The van der Waals surface area contributed by atoms with Gasteiger partial charge in [-0.05, 0) is 37.1 Å². The smallest absolute Gasteiger partial charge is 0.315 e. The number of benzene rings is 1. The summed E-state index contributed by atoms with van der Waals surface area (Å²) in [6.45, 7) is 3.36. The predicted molar refractivity (Wildman–Crippen MR) is 90.8 cm³/mol. The van der Waals surface area contributed by atoms with Crippen molar-refractivity contribution in [3.63, 3.8) is 0 Å². The standard InChI is InChI=1S/C17H20ClN3O2/c1-2-23-16-14(4-3-10-19-16)12-21-17(22)20-11-9-13-5-7-15(18)8-6-13/h3-8,10H,2,9,11-12H2,1H3,(H2,20,21,22). The van der Waals surface area contributed by atoms with Crippen LogP contribution in [0, 0.1) is 0 Å². The molecule has 6 heteroatoms. The number of urea groups is 1. The maximum absolute atomic E-state index is 11.8. The summed E-state index contributed by atoms with van der Waals surface area (Å²) in [5.41, 5.74) is 1.97. The summed E-state index contributed by atoms with van der Waals surface area (Å²) in [6.07, 6.45) is 2.42. The Morgan fingerprint density at radius 1 is 1.22 bits per heavy atom. The fourth-order valence-corrected chi connectivity index (χ4v) is 2.16. The van der Waals surface area contributed by atoms with Gasteiger partial charge in [0, 0.05) is 29.9 Å². The number of rotatable bonds is 7. The summed E-state index contributed by atoms with van der Waals surface area (Å²) < 4.78 is 5.42. The molecule has 0 saturated carbocycles. The molecular formula is C17H20ClN3O2. The largest absolute Gasteiger partial charge is 0.478 e. The molecule has 0 atom stereocenters. The molecule has 0 fully saturated rings. The number of amides is 2. The lowest BCUT2D eigenvalue weighted by molar-refractivity contribution is 0.240. The van der Waals surface area contributed by atoms with Crippen LogP contribution in [0.15, 0.2) is 42.6 Å². The molecule has 0 radical (unpaired) electrons. The maximum Gasteiger partial charge on any atom is 0.315 e. The van der Waals surface area contributed by atoms with Crippen molar-refractivity contribution in [3.8, 4) is 5.88 Å². The number of hydrogen-bond acceptors (Lipinski definition) is 3. The first-order valence-electron chi connectivity index (χ1n) is 7.52. The Bertz CT molecular complexity index is 632. The Morgan fingerprint density at radius 3 is 2.74 bits per heavy atom. The maximum atomic E-state index is 11.8. The van der Waals surface area contributed by atoms with Gasteiger partial charge in [0.25, 0.3) is 0 Å². The van der Waals surface area contributed by atoms with E-state index in [1.165, 1.54) is 0 Å². The van der Waals surface area contributed by atoms with Crippen molar-refractivity contribution in [2.24, 2.45) is 0 Å². The van der Waals surface area contributed by atoms with E-state index >= 15 is 0 Å². The molecule has 2 amide bonds. The fourth-order valence-electron chi connectivity index (χ4n) is 2.03. The Balaban J connectivity index is 1.74. The highest BCUT2D eigenvalue weighted by Crippen LogP contribution is 2.13. The van der Waals surface area contributed by atoms with Crippen molar-refractivity contribution in [2.75, 3.05) is 13.2 Å². The topological polar surface area (TPSA) is 63.2 Å². The fraction of sp³-hybridized carbons (Fsp3) is 0.294. The van der Waals surface area contributed by atoms with E-state index in [4.69, 9.17) is 16.3 Å². The minimum absolute atomic E-state index is 0.217. The molecule has 0 spiro atoms. The van der Waals surface area contributed by atoms with Crippen molar-refractivity contribution in [1.82, 2.24) is 15.6 Å². The van der Waals surface area contributed by atoms with Gasteiger partial charge in [-0.3, -0.25) is 0 Å². The van der Waals surface area contributed by atoms with E-state index in [1.807, 2.05) is 43.3 Å². The monoisotopic (exact) mass is 333 g/mol. The zero-order chi connectivity index (χ0) is 16.5. The van der Waals surface area contributed by atoms with Gasteiger partial charge in [-0.25, -0.2) is 9.78 Å². The first-order valence-corrected chi connectivity index (χ1v) is 7.89. The molecule has 5 nitrogen and oxygen atoms in total. The van der Waals surface area contributed by atoms with Gasteiger partial charge in [0.15, 0.2) is 0 Å². The van der Waals surface area contributed by atoms with Gasteiger partial charge in [0.1, 0.15) is 0 Å². The number of hydrogen-bond donors (Lipinski definition) is 2. The second-order valence-electron chi connectivity index (χ2n) is 4.89. The van der Waals surface area contributed by atoms with E-state index < -0.39 is 0 Å². The van der Waals surface area contributed by atoms with Gasteiger partial charge < -0.3 is 15.4 Å². The Labute approximate surface area is 141 Å². The van der Waals surface area contributed by atoms with Crippen LogP contribution in [0.2, 0.25) is 5.02 Å². The van der Waals surface area contributed by atoms with E-state index in [0.717, 1.165) is 17.5 Å². The number of carbonyl (C=O) groups is 1. The second kappa shape index (κ2) is 9.00. The summed E-state index contributed by atoms with van der Waals surface area (Å²) in [5.74, 6) is 0.552. The van der Waals surface area contributed by atoms with Crippen molar-refractivity contribution >= 4 is 17.6 Å². The van der Waals surface area contributed by atoms with Crippen LogP contribution in [0.3, 0.4) is 0 Å². The third kappa shape index (κ3) is 5.79. The van der Waals surface area contributed by atoms with Crippen molar-refractivity contribution in [1.29, 1.82) is 0 Å². The highest BCUT2D eigenvalue weighted by atomic mass is 35.5. The molecule has 1 heterocycles. The number of pyridine rings is 1. The quantitative estimate of drug-likeness (QED) is 0.818. The first-order chi connectivity index (χ1) is 11.2. The molecule has 2 rings (SSSR count). The summed E-state index contributed by atoms with van der Waals surface area (Å²) >= 11 is 5.84. The molecule has 0 aliphatic carbocycles. The van der Waals surface area contributed by atoms with Gasteiger partial charge in [-0.1, -0.05) is 29.8 Å².